The molecule has 5 rings (SSSR count). The number of aryl methyl sites for hydroxylation is 1. The lowest BCUT2D eigenvalue weighted by Crippen LogP contribution is -2.49. The van der Waals surface area contributed by atoms with Gasteiger partial charge in [-0.3, -0.25) is 9.59 Å². The van der Waals surface area contributed by atoms with Gasteiger partial charge in [0.25, 0.3) is 0 Å². The Bertz CT molecular complexity index is 872. The van der Waals surface area contributed by atoms with Crippen molar-refractivity contribution in [2.24, 2.45) is 28.6 Å². The summed E-state index contributed by atoms with van der Waals surface area (Å²) in [5, 5.41) is 3.60. The van der Waals surface area contributed by atoms with E-state index in [2.05, 4.69) is 25.2 Å². The Morgan fingerprint density at radius 1 is 1.19 bits per heavy atom. The lowest BCUT2D eigenvalue weighted by molar-refractivity contribution is -0.131. The van der Waals surface area contributed by atoms with Gasteiger partial charge in [0.2, 0.25) is 5.91 Å². The lowest BCUT2D eigenvalue weighted by Gasteiger charge is -2.55. The molecule has 1 heterocycles. The summed E-state index contributed by atoms with van der Waals surface area (Å²) in [4.78, 5) is 30.0. The smallest absolute Gasteiger partial charge is 0.223 e. The molecule has 0 radical (unpaired) electrons. The third kappa shape index (κ3) is 2.36. The molecule has 0 bridgehead atoms. The molecule has 0 aliphatic heterocycles. The lowest BCUT2D eigenvalue weighted by atomic mass is 9.48. The highest BCUT2D eigenvalue weighted by molar-refractivity contribution is 7.17. The third-order valence-electron chi connectivity index (χ3n) is 8.28. The van der Waals surface area contributed by atoms with Gasteiger partial charge in [-0.05, 0) is 67.3 Å². The van der Waals surface area contributed by atoms with Crippen LogP contribution >= 0.6 is 11.3 Å². The molecule has 1 aromatic rings. The molecule has 1 amide bonds. The first-order valence-electron chi connectivity index (χ1n) is 10.3. The zero-order valence-corrected chi connectivity index (χ0v) is 17.2. The van der Waals surface area contributed by atoms with Crippen molar-refractivity contribution in [3.63, 3.8) is 0 Å². The van der Waals surface area contributed by atoms with Gasteiger partial charge in [0.1, 0.15) is 5.78 Å². The number of hydrogen-bond donors (Lipinski definition) is 1. The Balaban J connectivity index is 1.53. The van der Waals surface area contributed by atoms with E-state index >= 15 is 0 Å². The Morgan fingerprint density at radius 2 is 1.96 bits per heavy atom. The summed E-state index contributed by atoms with van der Waals surface area (Å²) in [5.74, 6) is 2.34. The molecule has 5 heteroatoms. The molecule has 4 aliphatic carbocycles. The number of carbonyl (C=O) groups excluding carboxylic acids is 2. The third-order valence-corrected chi connectivity index (χ3v) is 9.33. The van der Waals surface area contributed by atoms with Crippen molar-refractivity contribution in [2.45, 2.75) is 65.7 Å². The highest BCUT2D eigenvalue weighted by atomic mass is 32.1. The number of anilines is 1. The number of allylic oxidation sites excluding steroid dienone is 2. The van der Waals surface area contributed by atoms with E-state index in [1.54, 1.807) is 11.3 Å². The van der Waals surface area contributed by atoms with E-state index in [1.807, 2.05) is 0 Å². The van der Waals surface area contributed by atoms with Crippen LogP contribution in [0.25, 0.3) is 5.57 Å². The van der Waals surface area contributed by atoms with Crippen molar-refractivity contribution in [3.05, 3.63) is 16.6 Å². The van der Waals surface area contributed by atoms with Gasteiger partial charge < -0.3 is 5.32 Å². The summed E-state index contributed by atoms with van der Waals surface area (Å²) in [6.45, 7) is 6.24. The molecule has 1 N–H and O–H groups in total. The summed E-state index contributed by atoms with van der Waals surface area (Å²) < 4.78 is 0. The normalized spacial score (nSPS) is 39.7. The molecule has 4 nitrogen and oxygen atoms in total. The van der Waals surface area contributed by atoms with Gasteiger partial charge in [0.05, 0.1) is 10.6 Å². The number of hydrogen-bond acceptors (Lipinski definition) is 4. The average molecular weight is 385 g/mol. The highest BCUT2D eigenvalue weighted by Gasteiger charge is 2.58. The maximum atomic E-state index is 12.6. The van der Waals surface area contributed by atoms with Crippen molar-refractivity contribution in [1.29, 1.82) is 0 Å². The Hall–Kier alpha value is -1.49. The van der Waals surface area contributed by atoms with E-state index in [1.165, 1.54) is 23.8 Å². The molecule has 2 fully saturated rings. The molecule has 0 spiro atoms. The van der Waals surface area contributed by atoms with E-state index in [9.17, 15) is 9.59 Å². The number of ketones is 1. The fourth-order valence-electron chi connectivity index (χ4n) is 6.85. The molecule has 0 saturated heterocycles. The maximum absolute atomic E-state index is 12.6. The number of nitrogens with one attached hydrogen (secondary N) is 1. The summed E-state index contributed by atoms with van der Waals surface area (Å²) in [5.41, 5.74) is 2.74. The summed E-state index contributed by atoms with van der Waals surface area (Å²) in [7, 11) is 0. The second kappa shape index (κ2) is 5.76. The monoisotopic (exact) mass is 384 g/mol. The van der Waals surface area contributed by atoms with Crippen LogP contribution in [0.4, 0.5) is 5.13 Å². The standard InChI is InChI=1S/C22H28N2O2S/c1-12(25)23-20-24-17-9-11-21(2)15-8-10-22(3)14(6-7-18(22)26)13(15)4-5-16(21)19(17)27-20/h5,13-15H,4,6-11H2,1-3H3,(H,23,24,25)/t13-,14-,15-,21+,22-/m0/s1. The number of rotatable bonds is 1. The van der Waals surface area contributed by atoms with E-state index in [0.717, 1.165) is 49.4 Å². The summed E-state index contributed by atoms with van der Waals surface area (Å²) in [6, 6.07) is 0. The Morgan fingerprint density at radius 3 is 2.74 bits per heavy atom. The Labute approximate surface area is 164 Å². The molecule has 4 aliphatic rings. The molecule has 144 valence electrons. The first kappa shape index (κ1) is 17.6. The first-order chi connectivity index (χ1) is 12.8. The quantitative estimate of drug-likeness (QED) is 0.753. The van der Waals surface area contributed by atoms with Gasteiger partial charge in [0, 0.05) is 18.8 Å². The second-order valence-electron chi connectivity index (χ2n) is 9.54. The molecular formula is C22H28N2O2S. The fraction of sp³-hybridized carbons (Fsp3) is 0.682. The van der Waals surface area contributed by atoms with Gasteiger partial charge >= 0.3 is 0 Å². The molecule has 1 aromatic heterocycles. The van der Waals surface area contributed by atoms with Crippen molar-refractivity contribution in [1.82, 2.24) is 4.98 Å². The van der Waals surface area contributed by atoms with Crippen LogP contribution in [0.5, 0.6) is 0 Å². The minimum absolute atomic E-state index is 0.0565. The number of fused-ring (bicyclic) bond motifs is 7. The zero-order valence-electron chi connectivity index (χ0n) is 16.4. The number of aromatic nitrogens is 1. The molecule has 0 unspecified atom stereocenters. The van der Waals surface area contributed by atoms with Crippen LogP contribution < -0.4 is 5.32 Å². The zero-order chi connectivity index (χ0) is 19.0. The summed E-state index contributed by atoms with van der Waals surface area (Å²) >= 11 is 1.64. The topological polar surface area (TPSA) is 59.1 Å². The van der Waals surface area contributed by atoms with Gasteiger partial charge in [-0.25, -0.2) is 4.98 Å². The van der Waals surface area contributed by atoms with E-state index in [-0.39, 0.29) is 16.7 Å². The predicted molar refractivity (Wildman–Crippen MR) is 107 cm³/mol. The van der Waals surface area contributed by atoms with Crippen molar-refractivity contribution >= 4 is 33.7 Å². The highest BCUT2D eigenvalue weighted by Crippen LogP contribution is 2.65. The van der Waals surface area contributed by atoms with Crippen LogP contribution in [0.3, 0.4) is 0 Å². The van der Waals surface area contributed by atoms with E-state index in [0.29, 0.717) is 23.5 Å². The van der Waals surface area contributed by atoms with Crippen LogP contribution in [-0.2, 0) is 16.0 Å². The van der Waals surface area contributed by atoms with Crippen LogP contribution in [-0.4, -0.2) is 16.7 Å². The van der Waals surface area contributed by atoms with Gasteiger partial charge in [-0.2, -0.15) is 0 Å². The van der Waals surface area contributed by atoms with Crippen LogP contribution in [0, 0.1) is 28.6 Å². The average Bonchev–Trinajstić information content (AvgIpc) is 3.14. The van der Waals surface area contributed by atoms with Crippen molar-refractivity contribution in [3.8, 4) is 0 Å². The molecule has 0 aromatic carbocycles. The molecular weight excluding hydrogens is 356 g/mol. The van der Waals surface area contributed by atoms with Crippen LogP contribution in [0.2, 0.25) is 0 Å². The molecule has 2 saturated carbocycles. The van der Waals surface area contributed by atoms with E-state index in [4.69, 9.17) is 4.98 Å². The van der Waals surface area contributed by atoms with Gasteiger partial charge in [0.15, 0.2) is 5.13 Å². The van der Waals surface area contributed by atoms with Gasteiger partial charge in [-0.15, -0.1) is 0 Å². The Kier molecular flexibility index (Phi) is 3.75. The number of amides is 1. The number of nitrogens with zero attached hydrogens (tertiary/aromatic N) is 1. The number of Topliss-reactive ketones (excluding diaryl/α,β-unsaturated/α-hetero) is 1. The van der Waals surface area contributed by atoms with Gasteiger partial charge in [-0.1, -0.05) is 31.3 Å². The fourth-order valence-corrected chi connectivity index (χ4v) is 8.09. The largest absolute Gasteiger partial charge is 0.302 e. The first-order valence-corrected chi connectivity index (χ1v) is 11.2. The minimum atomic E-state index is -0.0637. The molecule has 5 atom stereocenters. The van der Waals surface area contributed by atoms with Crippen LogP contribution in [0.1, 0.15) is 69.9 Å². The maximum Gasteiger partial charge on any atom is 0.223 e. The SMILES string of the molecule is CC(=O)Nc1nc2c(s1)C1=CC[C@@H]3[C@H](CC[C@]4(C)C(=O)CC[C@@H]34)[C@@]1(C)CC2. The predicted octanol–water partition coefficient (Wildman–Crippen LogP) is 4.85. The van der Waals surface area contributed by atoms with Crippen molar-refractivity contribution in [2.75, 3.05) is 5.32 Å². The minimum Gasteiger partial charge on any atom is -0.302 e. The molecule has 27 heavy (non-hydrogen) atoms. The van der Waals surface area contributed by atoms with Crippen molar-refractivity contribution < 1.29 is 9.59 Å². The summed E-state index contributed by atoms with van der Waals surface area (Å²) in [6.07, 6.45) is 9.79. The second-order valence-corrected chi connectivity index (χ2v) is 10.5. The number of thiazole rings is 1. The number of carbonyl (C=O) groups is 2. The van der Waals surface area contributed by atoms with E-state index < -0.39 is 0 Å². The van der Waals surface area contributed by atoms with Crippen LogP contribution in [0.15, 0.2) is 6.08 Å².